The number of carbonyl (C=O) groups is 2. The summed E-state index contributed by atoms with van der Waals surface area (Å²) in [7, 11) is 1.66. The quantitative estimate of drug-likeness (QED) is 0.352. The van der Waals surface area contributed by atoms with Gasteiger partial charge in [-0.2, -0.15) is 13.2 Å². The Morgan fingerprint density at radius 2 is 1.68 bits per heavy atom. The van der Waals surface area contributed by atoms with Gasteiger partial charge in [0.2, 0.25) is 0 Å². The minimum Gasteiger partial charge on any atom is -0.496 e. The SMILES string of the molecule is COc1cc(Cl)ccc1CNC1CC1c1ccc(C(=O)NCc2ccccc2)cc1.O=C(O)C(F)(F)F. The second-order valence-corrected chi connectivity index (χ2v) is 8.82. The summed E-state index contributed by atoms with van der Waals surface area (Å²) in [5, 5.41) is 14.4. The first kappa shape index (κ1) is 28.0. The highest BCUT2D eigenvalue weighted by Crippen LogP contribution is 2.41. The summed E-state index contributed by atoms with van der Waals surface area (Å²) in [6.45, 7) is 1.27. The zero-order chi connectivity index (χ0) is 27.0. The van der Waals surface area contributed by atoms with Crippen molar-refractivity contribution in [3.8, 4) is 5.75 Å². The average Bonchev–Trinajstić information content (AvgIpc) is 3.66. The first-order valence-corrected chi connectivity index (χ1v) is 11.7. The molecule has 1 aliphatic carbocycles. The minimum atomic E-state index is -5.08. The summed E-state index contributed by atoms with van der Waals surface area (Å²) < 4.78 is 37.1. The van der Waals surface area contributed by atoms with Gasteiger partial charge in [0.1, 0.15) is 5.75 Å². The molecule has 0 saturated heterocycles. The van der Waals surface area contributed by atoms with Gasteiger partial charge in [0.05, 0.1) is 7.11 Å². The molecule has 1 amide bonds. The molecule has 0 heterocycles. The van der Waals surface area contributed by atoms with E-state index in [1.165, 1.54) is 5.56 Å². The number of benzene rings is 3. The molecule has 37 heavy (non-hydrogen) atoms. The summed E-state index contributed by atoms with van der Waals surface area (Å²) in [6, 6.07) is 24.0. The highest BCUT2D eigenvalue weighted by molar-refractivity contribution is 6.30. The van der Waals surface area contributed by atoms with Crippen LogP contribution in [0.2, 0.25) is 5.02 Å². The predicted molar refractivity (Wildman–Crippen MR) is 134 cm³/mol. The zero-order valence-corrected chi connectivity index (χ0v) is 20.6. The first-order chi connectivity index (χ1) is 17.6. The van der Waals surface area contributed by atoms with Crippen LogP contribution in [0.15, 0.2) is 72.8 Å². The number of halogens is 4. The number of methoxy groups -OCH3 is 1. The predicted octanol–water partition coefficient (Wildman–Crippen LogP) is 5.56. The summed E-state index contributed by atoms with van der Waals surface area (Å²) in [5.74, 6) is -1.53. The van der Waals surface area contributed by atoms with Crippen LogP contribution in [0.4, 0.5) is 13.2 Å². The lowest BCUT2D eigenvalue weighted by Gasteiger charge is -2.10. The lowest BCUT2D eigenvalue weighted by molar-refractivity contribution is -0.192. The number of carboxylic acids is 1. The number of carbonyl (C=O) groups excluding carboxylic acids is 1. The molecular formula is C27H26ClF3N2O4. The molecule has 3 aromatic carbocycles. The van der Waals surface area contributed by atoms with Crippen molar-refractivity contribution in [2.75, 3.05) is 7.11 Å². The molecule has 0 spiro atoms. The number of nitrogens with one attached hydrogen (secondary N) is 2. The molecule has 1 saturated carbocycles. The molecular weight excluding hydrogens is 509 g/mol. The maximum absolute atomic E-state index is 12.4. The maximum atomic E-state index is 12.4. The monoisotopic (exact) mass is 534 g/mol. The van der Waals surface area contributed by atoms with E-state index in [9.17, 15) is 18.0 Å². The number of hydrogen-bond donors (Lipinski definition) is 3. The Kier molecular flexibility index (Phi) is 9.54. The largest absolute Gasteiger partial charge is 0.496 e. The van der Waals surface area contributed by atoms with E-state index in [1.54, 1.807) is 7.11 Å². The van der Waals surface area contributed by atoms with E-state index in [-0.39, 0.29) is 5.91 Å². The molecule has 3 N–H and O–H groups in total. The second kappa shape index (κ2) is 12.6. The molecule has 2 atom stereocenters. The first-order valence-electron chi connectivity index (χ1n) is 11.4. The summed E-state index contributed by atoms with van der Waals surface area (Å²) in [4.78, 5) is 21.3. The third kappa shape index (κ3) is 8.51. The van der Waals surface area contributed by atoms with E-state index in [2.05, 4.69) is 22.8 Å². The summed E-state index contributed by atoms with van der Waals surface area (Å²) in [5.41, 5.74) is 4.13. The van der Waals surface area contributed by atoms with Crippen molar-refractivity contribution in [2.45, 2.75) is 37.6 Å². The lowest BCUT2D eigenvalue weighted by atomic mass is 10.1. The van der Waals surface area contributed by atoms with Crippen LogP contribution in [0.3, 0.4) is 0 Å². The number of ether oxygens (including phenoxy) is 1. The molecule has 1 fully saturated rings. The molecule has 6 nitrogen and oxygen atoms in total. The van der Waals surface area contributed by atoms with Gasteiger partial charge in [0, 0.05) is 41.2 Å². The van der Waals surface area contributed by atoms with Gasteiger partial charge in [-0.05, 0) is 41.8 Å². The third-order valence-electron chi connectivity index (χ3n) is 5.73. The molecule has 0 aromatic heterocycles. The Balaban J connectivity index is 0.000000479. The fourth-order valence-corrected chi connectivity index (χ4v) is 3.82. The number of alkyl halides is 3. The molecule has 3 aromatic rings. The number of carboxylic acid groups (broad SMARTS) is 1. The van der Waals surface area contributed by atoms with Crippen LogP contribution in [0.5, 0.6) is 5.75 Å². The number of hydrogen-bond acceptors (Lipinski definition) is 4. The average molecular weight is 535 g/mol. The lowest BCUT2D eigenvalue weighted by Crippen LogP contribution is -2.22. The summed E-state index contributed by atoms with van der Waals surface area (Å²) >= 11 is 6.03. The van der Waals surface area contributed by atoms with E-state index >= 15 is 0 Å². The molecule has 4 rings (SSSR count). The van der Waals surface area contributed by atoms with Crippen LogP contribution in [-0.4, -0.2) is 36.3 Å². The molecule has 0 bridgehead atoms. The number of amides is 1. The molecule has 0 radical (unpaired) electrons. The fraction of sp³-hybridized carbons (Fsp3) is 0.259. The van der Waals surface area contributed by atoms with E-state index in [0.29, 0.717) is 29.1 Å². The van der Waals surface area contributed by atoms with Gasteiger partial charge in [-0.15, -0.1) is 0 Å². The second-order valence-electron chi connectivity index (χ2n) is 8.38. The normalized spacial score (nSPS) is 16.2. The Hall–Kier alpha value is -3.56. The number of rotatable bonds is 8. The summed E-state index contributed by atoms with van der Waals surface area (Å²) in [6.07, 6.45) is -3.99. The topological polar surface area (TPSA) is 87.7 Å². The Bertz CT molecular complexity index is 1200. The highest BCUT2D eigenvalue weighted by Gasteiger charge is 2.38. The van der Waals surface area contributed by atoms with Gasteiger partial charge in [-0.3, -0.25) is 4.79 Å². The smallest absolute Gasteiger partial charge is 0.490 e. The van der Waals surface area contributed by atoms with Crippen molar-refractivity contribution in [3.63, 3.8) is 0 Å². The maximum Gasteiger partial charge on any atom is 0.490 e. The zero-order valence-electron chi connectivity index (χ0n) is 19.9. The fourth-order valence-electron chi connectivity index (χ4n) is 3.66. The molecule has 10 heteroatoms. The standard InChI is InChI=1S/C25H25ClN2O2.C2HF3O2/c1-30-24-13-21(26)12-11-20(24)16-27-23-14-22(23)18-7-9-19(10-8-18)25(29)28-15-17-5-3-2-4-6-17;3-2(4,5)1(6)7/h2-13,22-23,27H,14-16H2,1H3,(H,28,29);(H,6,7). The van der Waals surface area contributed by atoms with Crippen LogP contribution in [-0.2, 0) is 17.9 Å². The van der Waals surface area contributed by atoms with Crippen LogP contribution in [0.25, 0.3) is 0 Å². The molecule has 0 aliphatic heterocycles. The molecule has 2 unspecified atom stereocenters. The van der Waals surface area contributed by atoms with Gasteiger partial charge < -0.3 is 20.5 Å². The molecule has 196 valence electrons. The van der Waals surface area contributed by atoms with Crippen LogP contribution in [0.1, 0.15) is 39.4 Å². The van der Waals surface area contributed by atoms with Crippen molar-refractivity contribution in [1.82, 2.24) is 10.6 Å². The van der Waals surface area contributed by atoms with E-state index < -0.39 is 12.1 Å². The van der Waals surface area contributed by atoms with Gasteiger partial charge in [-0.1, -0.05) is 60.1 Å². The number of aliphatic carboxylic acids is 1. The Morgan fingerprint density at radius 3 is 2.27 bits per heavy atom. The van der Waals surface area contributed by atoms with Crippen LogP contribution in [0, 0.1) is 0 Å². The highest BCUT2D eigenvalue weighted by atomic mass is 35.5. The van der Waals surface area contributed by atoms with Crippen molar-refractivity contribution >= 4 is 23.5 Å². The van der Waals surface area contributed by atoms with Gasteiger partial charge in [0.15, 0.2) is 0 Å². The van der Waals surface area contributed by atoms with Crippen LogP contribution >= 0.6 is 11.6 Å². The minimum absolute atomic E-state index is 0.0503. The van der Waals surface area contributed by atoms with Crippen molar-refractivity contribution in [3.05, 3.63) is 100 Å². The third-order valence-corrected chi connectivity index (χ3v) is 5.97. The van der Waals surface area contributed by atoms with Gasteiger partial charge in [-0.25, -0.2) is 4.79 Å². The van der Waals surface area contributed by atoms with Crippen molar-refractivity contribution < 1.29 is 32.6 Å². The Morgan fingerprint density at radius 1 is 1.03 bits per heavy atom. The van der Waals surface area contributed by atoms with Gasteiger partial charge >= 0.3 is 12.1 Å². The van der Waals surface area contributed by atoms with E-state index in [0.717, 1.165) is 29.8 Å². The van der Waals surface area contributed by atoms with Crippen molar-refractivity contribution in [2.24, 2.45) is 0 Å². The van der Waals surface area contributed by atoms with Crippen molar-refractivity contribution in [1.29, 1.82) is 0 Å². The Labute approximate surface area is 217 Å². The van der Waals surface area contributed by atoms with E-state index in [4.69, 9.17) is 26.2 Å². The van der Waals surface area contributed by atoms with Crippen LogP contribution < -0.4 is 15.4 Å². The van der Waals surface area contributed by atoms with E-state index in [1.807, 2.05) is 60.7 Å². The molecule has 1 aliphatic rings. The van der Waals surface area contributed by atoms with Gasteiger partial charge in [0.25, 0.3) is 5.91 Å².